The number of fused-ring (bicyclic) bond motifs is 1. The molecule has 0 aliphatic heterocycles. The van der Waals surface area contributed by atoms with E-state index in [0.29, 0.717) is 12.5 Å². The first-order chi connectivity index (χ1) is 11.0. The van der Waals surface area contributed by atoms with Crippen LogP contribution in [0.2, 0.25) is 0 Å². The number of anilines is 1. The summed E-state index contributed by atoms with van der Waals surface area (Å²) in [4.78, 5) is 22.1. The lowest BCUT2D eigenvalue weighted by Crippen LogP contribution is -2.12. The molecule has 2 aromatic heterocycles. The number of hydrogen-bond acceptors (Lipinski definition) is 5. The molecule has 0 atom stereocenters. The third-order valence-electron chi connectivity index (χ3n) is 3.65. The Morgan fingerprint density at radius 2 is 1.91 bits per heavy atom. The van der Waals surface area contributed by atoms with Gasteiger partial charge in [-0.3, -0.25) is 9.48 Å². The Kier molecular flexibility index (Phi) is 3.69. The molecule has 0 spiro atoms. The van der Waals surface area contributed by atoms with Gasteiger partial charge in [0.15, 0.2) is 5.69 Å². The molecule has 0 saturated carbocycles. The Labute approximate surface area is 133 Å². The lowest BCUT2D eigenvalue weighted by Gasteiger charge is -2.10. The predicted molar refractivity (Wildman–Crippen MR) is 89.3 cm³/mol. The molecule has 23 heavy (non-hydrogen) atoms. The minimum atomic E-state index is -0.529. The van der Waals surface area contributed by atoms with Crippen molar-refractivity contribution in [1.82, 2.24) is 19.7 Å². The standard InChI is InChI=1S/C16H18N6O/c1-4-22-13-6-5-10(7-12(13)14(20-22)15(17)23)11-8-18-16(19-9-11)21(2)3/h5-9H,4H2,1-3H3,(H2,17,23). The van der Waals surface area contributed by atoms with E-state index in [1.165, 1.54) is 0 Å². The molecular formula is C16H18N6O. The second-order valence-corrected chi connectivity index (χ2v) is 5.43. The third kappa shape index (κ3) is 2.61. The van der Waals surface area contributed by atoms with Crippen LogP contribution in [-0.4, -0.2) is 39.8 Å². The van der Waals surface area contributed by atoms with E-state index in [-0.39, 0.29) is 5.69 Å². The number of amides is 1. The van der Waals surface area contributed by atoms with E-state index in [9.17, 15) is 4.79 Å². The van der Waals surface area contributed by atoms with Gasteiger partial charge in [0.1, 0.15) is 0 Å². The Balaban J connectivity index is 2.12. The first-order valence-electron chi connectivity index (χ1n) is 7.31. The molecule has 3 rings (SSSR count). The number of aryl methyl sites for hydroxylation is 1. The minimum Gasteiger partial charge on any atom is -0.364 e. The van der Waals surface area contributed by atoms with Crippen LogP contribution in [0.3, 0.4) is 0 Å². The van der Waals surface area contributed by atoms with Gasteiger partial charge < -0.3 is 10.6 Å². The number of aromatic nitrogens is 4. The van der Waals surface area contributed by atoms with Gasteiger partial charge in [0, 0.05) is 44.0 Å². The smallest absolute Gasteiger partial charge is 0.269 e. The highest BCUT2D eigenvalue weighted by molar-refractivity contribution is 6.05. The van der Waals surface area contributed by atoms with Crippen LogP contribution in [0.5, 0.6) is 0 Å². The number of primary amides is 1. The van der Waals surface area contributed by atoms with E-state index in [1.807, 2.05) is 44.1 Å². The zero-order valence-electron chi connectivity index (χ0n) is 13.3. The van der Waals surface area contributed by atoms with Crippen molar-refractivity contribution in [1.29, 1.82) is 0 Å². The normalized spacial score (nSPS) is 10.9. The van der Waals surface area contributed by atoms with Crippen molar-refractivity contribution in [2.24, 2.45) is 5.73 Å². The van der Waals surface area contributed by atoms with Crippen LogP contribution < -0.4 is 10.6 Å². The van der Waals surface area contributed by atoms with Gasteiger partial charge in [-0.05, 0) is 24.6 Å². The van der Waals surface area contributed by atoms with Gasteiger partial charge in [0.2, 0.25) is 5.95 Å². The van der Waals surface area contributed by atoms with Crippen LogP contribution >= 0.6 is 0 Å². The van der Waals surface area contributed by atoms with E-state index in [2.05, 4.69) is 15.1 Å². The molecule has 3 aromatic rings. The van der Waals surface area contributed by atoms with Crippen molar-refractivity contribution in [2.45, 2.75) is 13.5 Å². The number of hydrogen-bond donors (Lipinski definition) is 1. The highest BCUT2D eigenvalue weighted by Crippen LogP contribution is 2.26. The number of rotatable bonds is 4. The lowest BCUT2D eigenvalue weighted by atomic mass is 10.1. The van der Waals surface area contributed by atoms with Crippen LogP contribution in [0.15, 0.2) is 30.6 Å². The monoisotopic (exact) mass is 310 g/mol. The maximum absolute atomic E-state index is 11.6. The first kappa shape index (κ1) is 15.0. The van der Waals surface area contributed by atoms with Gasteiger partial charge >= 0.3 is 0 Å². The molecule has 1 amide bonds. The summed E-state index contributed by atoms with van der Waals surface area (Å²) in [7, 11) is 3.78. The van der Waals surface area contributed by atoms with Crippen LogP contribution in [0.1, 0.15) is 17.4 Å². The molecule has 0 fully saturated rings. The summed E-state index contributed by atoms with van der Waals surface area (Å²) in [5.74, 6) is 0.116. The Morgan fingerprint density at radius 3 is 2.48 bits per heavy atom. The molecule has 7 nitrogen and oxygen atoms in total. The van der Waals surface area contributed by atoms with Gasteiger partial charge in [0.25, 0.3) is 5.91 Å². The molecule has 2 N–H and O–H groups in total. The van der Waals surface area contributed by atoms with E-state index >= 15 is 0 Å². The van der Waals surface area contributed by atoms with Crippen LogP contribution in [0.4, 0.5) is 5.95 Å². The SMILES string of the molecule is CCn1nc(C(N)=O)c2cc(-c3cnc(N(C)C)nc3)ccc21. The fraction of sp³-hybridized carbons (Fsp3) is 0.250. The first-order valence-corrected chi connectivity index (χ1v) is 7.31. The number of nitrogens with zero attached hydrogens (tertiary/aromatic N) is 5. The highest BCUT2D eigenvalue weighted by Gasteiger charge is 2.15. The van der Waals surface area contributed by atoms with Crippen molar-refractivity contribution in [3.63, 3.8) is 0 Å². The van der Waals surface area contributed by atoms with Crippen LogP contribution in [0.25, 0.3) is 22.0 Å². The van der Waals surface area contributed by atoms with Crippen molar-refractivity contribution in [3.05, 3.63) is 36.3 Å². The topological polar surface area (TPSA) is 89.9 Å². The summed E-state index contributed by atoms with van der Waals surface area (Å²) in [6, 6.07) is 5.81. The van der Waals surface area contributed by atoms with Crippen molar-refractivity contribution >= 4 is 22.8 Å². The molecule has 1 aromatic carbocycles. The predicted octanol–water partition coefficient (Wildman–Crippen LogP) is 1.68. The number of carbonyl (C=O) groups excluding carboxylic acids is 1. The molecule has 0 aliphatic carbocycles. The maximum atomic E-state index is 11.6. The van der Waals surface area contributed by atoms with Gasteiger partial charge in [-0.25, -0.2) is 9.97 Å². The van der Waals surface area contributed by atoms with E-state index in [0.717, 1.165) is 22.0 Å². The lowest BCUT2D eigenvalue weighted by molar-refractivity contribution is 0.0996. The molecule has 7 heteroatoms. The second-order valence-electron chi connectivity index (χ2n) is 5.43. The minimum absolute atomic E-state index is 0.287. The summed E-state index contributed by atoms with van der Waals surface area (Å²) < 4.78 is 1.77. The van der Waals surface area contributed by atoms with Gasteiger partial charge in [0.05, 0.1) is 5.52 Å². The van der Waals surface area contributed by atoms with Crippen LogP contribution in [0, 0.1) is 0 Å². The van der Waals surface area contributed by atoms with Gasteiger partial charge in [-0.1, -0.05) is 6.07 Å². The molecule has 0 saturated heterocycles. The van der Waals surface area contributed by atoms with Crippen molar-refractivity contribution in [3.8, 4) is 11.1 Å². The molecule has 0 aliphatic rings. The van der Waals surface area contributed by atoms with Gasteiger partial charge in [-0.2, -0.15) is 5.10 Å². The Hall–Kier alpha value is -2.96. The number of carbonyl (C=O) groups is 1. The van der Waals surface area contributed by atoms with Gasteiger partial charge in [-0.15, -0.1) is 0 Å². The second kappa shape index (κ2) is 5.68. The Bertz CT molecular complexity index is 866. The largest absolute Gasteiger partial charge is 0.364 e. The fourth-order valence-electron chi connectivity index (χ4n) is 2.48. The number of benzene rings is 1. The van der Waals surface area contributed by atoms with Crippen LogP contribution in [-0.2, 0) is 6.54 Å². The quantitative estimate of drug-likeness (QED) is 0.792. The molecular weight excluding hydrogens is 292 g/mol. The molecule has 0 radical (unpaired) electrons. The third-order valence-corrected chi connectivity index (χ3v) is 3.65. The molecule has 0 unspecified atom stereocenters. The van der Waals surface area contributed by atoms with Crippen molar-refractivity contribution < 1.29 is 4.79 Å². The molecule has 2 heterocycles. The molecule has 118 valence electrons. The fourth-order valence-corrected chi connectivity index (χ4v) is 2.48. The summed E-state index contributed by atoms with van der Waals surface area (Å²) in [6.07, 6.45) is 3.52. The maximum Gasteiger partial charge on any atom is 0.269 e. The average Bonchev–Trinajstić information content (AvgIpc) is 2.93. The summed E-state index contributed by atoms with van der Waals surface area (Å²) in [6.45, 7) is 2.64. The zero-order valence-corrected chi connectivity index (χ0v) is 13.3. The van der Waals surface area contributed by atoms with E-state index in [1.54, 1.807) is 17.1 Å². The average molecular weight is 310 g/mol. The zero-order chi connectivity index (χ0) is 16.6. The summed E-state index contributed by atoms with van der Waals surface area (Å²) >= 11 is 0. The van der Waals surface area contributed by atoms with E-state index < -0.39 is 5.91 Å². The van der Waals surface area contributed by atoms with Crippen molar-refractivity contribution in [2.75, 3.05) is 19.0 Å². The summed E-state index contributed by atoms with van der Waals surface area (Å²) in [5.41, 5.74) is 8.41. The van der Waals surface area contributed by atoms with E-state index in [4.69, 9.17) is 5.73 Å². The Morgan fingerprint density at radius 1 is 1.22 bits per heavy atom. The number of nitrogens with two attached hydrogens (primary N) is 1. The highest BCUT2D eigenvalue weighted by atomic mass is 16.1. The summed E-state index contributed by atoms with van der Waals surface area (Å²) in [5, 5.41) is 5.03. The molecule has 0 bridgehead atoms.